The number of piperidine rings is 1. The molecule has 4 heterocycles. The molecule has 1 aliphatic rings. The topological polar surface area (TPSA) is 95.0 Å². The van der Waals surface area contributed by atoms with E-state index in [1.54, 1.807) is 6.20 Å². The summed E-state index contributed by atoms with van der Waals surface area (Å²) in [6, 6.07) is 12.4. The van der Waals surface area contributed by atoms with Gasteiger partial charge in [-0.25, -0.2) is 0 Å². The van der Waals surface area contributed by atoms with E-state index in [2.05, 4.69) is 36.2 Å². The Labute approximate surface area is 150 Å². The van der Waals surface area contributed by atoms with E-state index in [1.807, 2.05) is 40.9 Å². The summed E-state index contributed by atoms with van der Waals surface area (Å²) in [4.78, 5) is 4.59. The zero-order valence-corrected chi connectivity index (χ0v) is 14.2. The maximum Gasteiger partial charge on any atom is 0.247 e. The third kappa shape index (κ3) is 2.84. The van der Waals surface area contributed by atoms with Gasteiger partial charge in [-0.3, -0.25) is 5.10 Å². The van der Waals surface area contributed by atoms with Gasteiger partial charge in [0.1, 0.15) is 5.82 Å². The molecule has 0 unspecified atom stereocenters. The van der Waals surface area contributed by atoms with Crippen LogP contribution in [0.2, 0.25) is 0 Å². The standard InChI is InChI=1S/C18H20N8/c1-4-16(21-14-3-2-8-19-11-14)26-17(5-1)23-18(25-26)22-13-7-6-12-10-20-24-15(12)9-13/h1,4-7,9-10,14,19,21H,2-3,8,11H2,(H,20,24)(H,22,25)/t14-/m0/s1. The highest BCUT2D eigenvalue weighted by molar-refractivity contribution is 5.82. The van der Waals surface area contributed by atoms with Crippen LogP contribution < -0.4 is 16.0 Å². The molecule has 26 heavy (non-hydrogen) atoms. The Balaban J connectivity index is 1.42. The number of hydrogen-bond acceptors (Lipinski definition) is 6. The predicted octanol–water partition coefficient (Wildman–Crippen LogP) is 2.51. The number of nitrogens with one attached hydrogen (secondary N) is 4. The molecule has 4 aromatic rings. The van der Waals surface area contributed by atoms with E-state index < -0.39 is 0 Å². The fourth-order valence-electron chi connectivity index (χ4n) is 3.40. The van der Waals surface area contributed by atoms with Crippen molar-refractivity contribution in [2.45, 2.75) is 18.9 Å². The molecule has 0 bridgehead atoms. The highest BCUT2D eigenvalue weighted by Crippen LogP contribution is 2.21. The van der Waals surface area contributed by atoms with Crippen molar-refractivity contribution in [2.24, 2.45) is 0 Å². The van der Waals surface area contributed by atoms with E-state index in [0.717, 1.165) is 47.6 Å². The minimum absolute atomic E-state index is 0.415. The highest BCUT2D eigenvalue weighted by Gasteiger charge is 2.15. The number of aromatic nitrogens is 5. The minimum atomic E-state index is 0.415. The summed E-state index contributed by atoms with van der Waals surface area (Å²) >= 11 is 0. The molecule has 3 aromatic heterocycles. The molecule has 0 saturated carbocycles. The van der Waals surface area contributed by atoms with Gasteiger partial charge in [-0.1, -0.05) is 6.07 Å². The molecule has 0 spiro atoms. The molecule has 8 heteroatoms. The van der Waals surface area contributed by atoms with Crippen LogP contribution in [0.3, 0.4) is 0 Å². The molecule has 132 valence electrons. The van der Waals surface area contributed by atoms with E-state index in [4.69, 9.17) is 0 Å². The lowest BCUT2D eigenvalue weighted by Gasteiger charge is -2.24. The van der Waals surface area contributed by atoms with E-state index in [9.17, 15) is 0 Å². The molecule has 1 saturated heterocycles. The first-order chi connectivity index (χ1) is 12.8. The van der Waals surface area contributed by atoms with Gasteiger partial charge in [-0.2, -0.15) is 14.6 Å². The third-order valence-electron chi connectivity index (χ3n) is 4.71. The van der Waals surface area contributed by atoms with Crippen molar-refractivity contribution >= 4 is 34.0 Å². The van der Waals surface area contributed by atoms with Gasteiger partial charge in [0.25, 0.3) is 0 Å². The molecule has 1 aliphatic heterocycles. The quantitative estimate of drug-likeness (QED) is 0.453. The smallest absolute Gasteiger partial charge is 0.247 e. The van der Waals surface area contributed by atoms with Gasteiger partial charge in [0.05, 0.1) is 11.7 Å². The number of benzene rings is 1. The van der Waals surface area contributed by atoms with E-state index in [0.29, 0.717) is 12.0 Å². The molecular formula is C18H20N8. The lowest BCUT2D eigenvalue weighted by Crippen LogP contribution is -2.38. The van der Waals surface area contributed by atoms with Crippen LogP contribution in [0.1, 0.15) is 12.8 Å². The summed E-state index contributed by atoms with van der Waals surface area (Å²) in [5, 5.41) is 23.0. The van der Waals surface area contributed by atoms with Crippen LogP contribution in [0.5, 0.6) is 0 Å². The summed E-state index contributed by atoms with van der Waals surface area (Å²) in [5.74, 6) is 1.53. The Morgan fingerprint density at radius 3 is 3.12 bits per heavy atom. The van der Waals surface area contributed by atoms with Crippen LogP contribution in [0.15, 0.2) is 42.6 Å². The van der Waals surface area contributed by atoms with Crippen molar-refractivity contribution in [3.63, 3.8) is 0 Å². The highest BCUT2D eigenvalue weighted by atomic mass is 15.4. The molecule has 1 atom stereocenters. The summed E-state index contributed by atoms with van der Waals surface area (Å²) in [6.07, 6.45) is 4.15. The summed E-state index contributed by atoms with van der Waals surface area (Å²) in [6.45, 7) is 2.07. The molecule has 1 aromatic carbocycles. The summed E-state index contributed by atoms with van der Waals surface area (Å²) in [5.41, 5.74) is 2.71. The zero-order chi connectivity index (χ0) is 17.3. The molecular weight excluding hydrogens is 328 g/mol. The Morgan fingerprint density at radius 1 is 1.19 bits per heavy atom. The van der Waals surface area contributed by atoms with E-state index in [1.165, 1.54) is 6.42 Å². The SMILES string of the molecule is c1cc(N[C@H]2CCCNC2)n2nc(Nc3ccc4cn[nH]c4c3)nc2c1. The first kappa shape index (κ1) is 15.2. The Hall–Kier alpha value is -3.13. The van der Waals surface area contributed by atoms with E-state index >= 15 is 0 Å². The van der Waals surface area contributed by atoms with Crippen molar-refractivity contribution in [2.75, 3.05) is 23.7 Å². The fraction of sp³-hybridized carbons (Fsp3) is 0.278. The van der Waals surface area contributed by atoms with Crippen molar-refractivity contribution < 1.29 is 0 Å². The monoisotopic (exact) mass is 348 g/mol. The van der Waals surface area contributed by atoms with Crippen LogP contribution >= 0.6 is 0 Å². The molecule has 8 nitrogen and oxygen atoms in total. The van der Waals surface area contributed by atoms with Gasteiger partial charge in [0.2, 0.25) is 5.95 Å². The van der Waals surface area contributed by atoms with Crippen LogP contribution in [0.25, 0.3) is 16.6 Å². The average Bonchev–Trinajstić information content (AvgIpc) is 3.29. The van der Waals surface area contributed by atoms with Crippen molar-refractivity contribution in [1.29, 1.82) is 0 Å². The molecule has 5 rings (SSSR count). The number of hydrogen-bond donors (Lipinski definition) is 4. The average molecular weight is 348 g/mol. The van der Waals surface area contributed by atoms with Gasteiger partial charge >= 0.3 is 0 Å². The first-order valence-corrected chi connectivity index (χ1v) is 8.88. The zero-order valence-electron chi connectivity index (χ0n) is 14.2. The number of aromatic amines is 1. The van der Waals surface area contributed by atoms with Gasteiger partial charge in [-0.05, 0) is 49.7 Å². The largest absolute Gasteiger partial charge is 0.366 e. The van der Waals surface area contributed by atoms with Crippen LogP contribution in [-0.2, 0) is 0 Å². The lowest BCUT2D eigenvalue weighted by atomic mass is 10.1. The van der Waals surface area contributed by atoms with E-state index in [-0.39, 0.29) is 0 Å². The molecule has 4 N–H and O–H groups in total. The van der Waals surface area contributed by atoms with Crippen molar-refractivity contribution in [3.05, 3.63) is 42.6 Å². The van der Waals surface area contributed by atoms with Crippen molar-refractivity contribution in [1.82, 2.24) is 30.1 Å². The molecule has 0 radical (unpaired) electrons. The maximum atomic E-state index is 4.63. The third-order valence-corrected chi connectivity index (χ3v) is 4.71. The predicted molar refractivity (Wildman–Crippen MR) is 102 cm³/mol. The molecule has 0 amide bonds. The fourth-order valence-corrected chi connectivity index (χ4v) is 3.40. The van der Waals surface area contributed by atoms with Crippen LogP contribution in [-0.4, -0.2) is 43.9 Å². The molecule has 1 fully saturated rings. The number of H-pyrrole nitrogens is 1. The number of nitrogens with zero attached hydrogens (tertiary/aromatic N) is 4. The number of fused-ring (bicyclic) bond motifs is 2. The number of pyridine rings is 1. The van der Waals surface area contributed by atoms with Gasteiger partial charge in [0, 0.05) is 23.7 Å². The van der Waals surface area contributed by atoms with Crippen molar-refractivity contribution in [3.8, 4) is 0 Å². The Kier molecular flexibility index (Phi) is 3.67. The van der Waals surface area contributed by atoms with Crippen LogP contribution in [0.4, 0.5) is 17.5 Å². The minimum Gasteiger partial charge on any atom is -0.366 e. The molecule has 0 aliphatic carbocycles. The Morgan fingerprint density at radius 2 is 2.19 bits per heavy atom. The van der Waals surface area contributed by atoms with Crippen LogP contribution in [0, 0.1) is 0 Å². The first-order valence-electron chi connectivity index (χ1n) is 8.88. The van der Waals surface area contributed by atoms with Gasteiger partial charge in [-0.15, -0.1) is 5.10 Å². The Bertz CT molecular complexity index is 1040. The normalized spacial score (nSPS) is 17.6. The maximum absolute atomic E-state index is 4.63. The van der Waals surface area contributed by atoms with Gasteiger partial charge < -0.3 is 16.0 Å². The summed E-state index contributed by atoms with van der Waals surface area (Å²) in [7, 11) is 0. The summed E-state index contributed by atoms with van der Waals surface area (Å²) < 4.78 is 1.85. The second-order valence-corrected chi connectivity index (χ2v) is 6.60. The number of rotatable bonds is 4. The lowest BCUT2D eigenvalue weighted by molar-refractivity contribution is 0.478. The number of anilines is 3. The second kappa shape index (κ2) is 6.30. The van der Waals surface area contributed by atoms with Gasteiger partial charge in [0.15, 0.2) is 5.65 Å². The second-order valence-electron chi connectivity index (χ2n) is 6.60.